The molecule has 2 aromatic rings. The number of hydrogen-bond acceptors (Lipinski definition) is 3. The van der Waals surface area contributed by atoms with Crippen LogP contribution in [0, 0.1) is 17.2 Å². The number of alkyl halides is 2. The molecule has 2 aliphatic rings. The van der Waals surface area contributed by atoms with Crippen molar-refractivity contribution in [2.75, 3.05) is 5.32 Å². The Hall–Kier alpha value is -1.49. The molecular weight excluding hydrogens is 548 g/mol. The van der Waals surface area contributed by atoms with E-state index in [1.165, 1.54) is 12.1 Å². The zero-order chi connectivity index (χ0) is 22.6. The van der Waals surface area contributed by atoms with E-state index in [1.54, 1.807) is 24.3 Å². The molecule has 0 bridgehead atoms. The van der Waals surface area contributed by atoms with Crippen LogP contribution in [-0.2, 0) is 4.79 Å². The van der Waals surface area contributed by atoms with Gasteiger partial charge < -0.3 is 10.6 Å². The summed E-state index contributed by atoms with van der Waals surface area (Å²) in [6.45, 7) is 0. The van der Waals surface area contributed by atoms with E-state index in [0.29, 0.717) is 23.6 Å². The van der Waals surface area contributed by atoms with Crippen LogP contribution in [0.15, 0.2) is 40.9 Å². The monoisotopic (exact) mass is 559 g/mol. The van der Waals surface area contributed by atoms with Crippen LogP contribution >= 0.6 is 62.3 Å². The number of carbonyl (C=O) groups excluding carboxylic acids is 2. The average Bonchev–Trinajstić information content (AvgIpc) is 3.60. The first-order chi connectivity index (χ1) is 14.6. The van der Waals surface area contributed by atoms with Crippen molar-refractivity contribution < 1.29 is 9.59 Å². The molecule has 5 nitrogen and oxygen atoms in total. The number of amides is 2. The second-order valence-electron chi connectivity index (χ2n) is 7.64. The smallest absolute Gasteiger partial charge is 0.254 e. The number of carbonyl (C=O) groups is 2. The van der Waals surface area contributed by atoms with Crippen molar-refractivity contribution in [3.05, 3.63) is 62.0 Å². The maximum Gasteiger partial charge on any atom is 0.254 e. The van der Waals surface area contributed by atoms with Gasteiger partial charge in [-0.2, -0.15) is 5.26 Å². The summed E-state index contributed by atoms with van der Waals surface area (Å²) in [5.74, 6) is -1.99. The molecule has 2 fully saturated rings. The van der Waals surface area contributed by atoms with Crippen LogP contribution in [0.1, 0.15) is 34.7 Å². The predicted octanol–water partition coefficient (Wildman–Crippen LogP) is 6.07. The third-order valence-corrected chi connectivity index (χ3v) is 7.94. The molecule has 2 atom stereocenters. The third-order valence-electron chi connectivity index (χ3n) is 5.43. The summed E-state index contributed by atoms with van der Waals surface area (Å²) < 4.78 is -0.551. The molecule has 0 aromatic heterocycles. The SMILES string of the molecule is N#CC1(NC(=O)c2cc(NC(=O)[C@@H]3[C@@H](c4ccc(Br)c(Cl)c4)C3(Cl)Cl)ccc2Cl)CC1. The van der Waals surface area contributed by atoms with E-state index in [9.17, 15) is 14.9 Å². The normalized spacial score (nSPS) is 22.2. The van der Waals surface area contributed by atoms with Gasteiger partial charge in [-0.15, -0.1) is 23.2 Å². The summed E-state index contributed by atoms with van der Waals surface area (Å²) in [5, 5.41) is 15.3. The highest BCUT2D eigenvalue weighted by Crippen LogP contribution is 2.65. The van der Waals surface area contributed by atoms with Crippen molar-refractivity contribution in [1.82, 2.24) is 5.32 Å². The first-order valence-corrected chi connectivity index (χ1v) is 11.6. The van der Waals surface area contributed by atoms with Crippen LogP contribution < -0.4 is 10.6 Å². The summed E-state index contributed by atoms with van der Waals surface area (Å²) in [7, 11) is 0. The van der Waals surface area contributed by atoms with Gasteiger partial charge in [-0.3, -0.25) is 9.59 Å². The van der Waals surface area contributed by atoms with Gasteiger partial charge in [0.1, 0.15) is 9.87 Å². The lowest BCUT2D eigenvalue weighted by Gasteiger charge is -2.12. The quantitative estimate of drug-likeness (QED) is 0.435. The largest absolute Gasteiger partial charge is 0.334 e. The molecule has 160 valence electrons. The lowest BCUT2D eigenvalue weighted by molar-refractivity contribution is -0.117. The molecule has 0 radical (unpaired) electrons. The van der Waals surface area contributed by atoms with Gasteiger partial charge in [0.2, 0.25) is 5.91 Å². The molecule has 2 N–H and O–H groups in total. The molecule has 2 amide bonds. The summed E-state index contributed by atoms with van der Waals surface area (Å²) >= 11 is 28.4. The molecular formula is C21H14BrCl4N3O2. The van der Waals surface area contributed by atoms with Crippen molar-refractivity contribution in [2.45, 2.75) is 28.6 Å². The van der Waals surface area contributed by atoms with Crippen molar-refractivity contribution in [2.24, 2.45) is 5.92 Å². The molecule has 2 aromatic carbocycles. The molecule has 2 saturated carbocycles. The number of nitrogens with zero attached hydrogens (tertiary/aromatic N) is 1. The van der Waals surface area contributed by atoms with Gasteiger partial charge in [0.25, 0.3) is 5.91 Å². The van der Waals surface area contributed by atoms with E-state index in [0.717, 1.165) is 10.0 Å². The highest BCUT2D eigenvalue weighted by atomic mass is 79.9. The Morgan fingerprint density at radius 2 is 1.81 bits per heavy atom. The van der Waals surface area contributed by atoms with Crippen LogP contribution in [0.3, 0.4) is 0 Å². The van der Waals surface area contributed by atoms with Gasteiger partial charge in [0, 0.05) is 16.1 Å². The van der Waals surface area contributed by atoms with Crippen LogP contribution in [0.25, 0.3) is 0 Å². The van der Waals surface area contributed by atoms with E-state index < -0.39 is 33.5 Å². The second-order valence-corrected chi connectivity index (χ2v) is 10.7. The van der Waals surface area contributed by atoms with Crippen LogP contribution in [0.2, 0.25) is 10.0 Å². The van der Waals surface area contributed by atoms with Gasteiger partial charge >= 0.3 is 0 Å². The van der Waals surface area contributed by atoms with Gasteiger partial charge in [-0.25, -0.2) is 0 Å². The van der Waals surface area contributed by atoms with Crippen LogP contribution in [0.4, 0.5) is 5.69 Å². The Morgan fingerprint density at radius 1 is 1.10 bits per heavy atom. The van der Waals surface area contributed by atoms with Gasteiger partial charge in [0.05, 0.1) is 27.6 Å². The van der Waals surface area contributed by atoms with Gasteiger partial charge in [0.15, 0.2) is 0 Å². The number of nitriles is 1. The lowest BCUT2D eigenvalue weighted by atomic mass is 10.1. The Kier molecular flexibility index (Phi) is 5.95. The fraction of sp³-hybridized carbons (Fsp3) is 0.286. The van der Waals surface area contributed by atoms with E-state index in [1.807, 2.05) is 0 Å². The predicted molar refractivity (Wildman–Crippen MR) is 125 cm³/mol. The van der Waals surface area contributed by atoms with E-state index in [-0.39, 0.29) is 10.6 Å². The highest BCUT2D eigenvalue weighted by molar-refractivity contribution is 9.10. The van der Waals surface area contributed by atoms with E-state index in [2.05, 4.69) is 32.6 Å². The minimum absolute atomic E-state index is 0.163. The molecule has 10 heteroatoms. The maximum atomic E-state index is 12.9. The van der Waals surface area contributed by atoms with E-state index >= 15 is 0 Å². The number of hydrogen-bond donors (Lipinski definition) is 2. The molecule has 2 aliphatic carbocycles. The number of anilines is 1. The van der Waals surface area contributed by atoms with Crippen LogP contribution in [0.5, 0.6) is 0 Å². The molecule has 4 rings (SSSR count). The molecule has 0 heterocycles. The molecule has 31 heavy (non-hydrogen) atoms. The first-order valence-electron chi connectivity index (χ1n) is 9.25. The molecule has 0 unspecified atom stereocenters. The summed E-state index contributed by atoms with van der Waals surface area (Å²) in [4.78, 5) is 25.4. The fourth-order valence-electron chi connectivity index (χ4n) is 3.44. The van der Waals surface area contributed by atoms with E-state index in [4.69, 9.17) is 46.4 Å². The molecule has 0 saturated heterocycles. The Balaban J connectivity index is 1.50. The summed E-state index contributed by atoms with van der Waals surface area (Å²) in [6.07, 6.45) is 1.19. The van der Waals surface area contributed by atoms with Crippen molar-refractivity contribution in [3.8, 4) is 6.07 Å². The zero-order valence-electron chi connectivity index (χ0n) is 15.7. The minimum Gasteiger partial charge on any atom is -0.334 e. The fourth-order valence-corrected chi connectivity index (χ4v) is 4.91. The number of halogens is 5. The number of benzene rings is 2. The van der Waals surface area contributed by atoms with Crippen molar-refractivity contribution in [3.63, 3.8) is 0 Å². The van der Waals surface area contributed by atoms with Gasteiger partial charge in [-0.05, 0) is 64.7 Å². The topological polar surface area (TPSA) is 82.0 Å². The minimum atomic E-state index is -1.28. The summed E-state index contributed by atoms with van der Waals surface area (Å²) in [5.41, 5.74) is 0.450. The standard InChI is InChI=1S/C21H14BrCl4N3O2/c22-13-3-1-10(7-15(13)24)16-17(21(16,25)26)19(31)28-11-2-4-14(23)12(8-11)18(30)29-20(9-27)5-6-20/h1-4,7-8,16-17H,5-6H2,(H,28,31)(H,29,30)/t16-,17+/m1/s1. The Bertz CT molecular complexity index is 1140. The zero-order valence-corrected chi connectivity index (χ0v) is 20.3. The summed E-state index contributed by atoms with van der Waals surface area (Å²) in [6, 6.07) is 11.9. The molecule has 0 aliphatic heterocycles. The highest BCUT2D eigenvalue weighted by Gasteiger charge is 2.67. The van der Waals surface area contributed by atoms with Crippen LogP contribution in [-0.4, -0.2) is 21.7 Å². The third kappa shape index (κ3) is 4.40. The maximum absolute atomic E-state index is 12.9. The van der Waals surface area contributed by atoms with Crippen molar-refractivity contribution >= 4 is 79.8 Å². The van der Waals surface area contributed by atoms with Gasteiger partial charge in [-0.1, -0.05) is 29.3 Å². The molecule has 0 spiro atoms. The lowest BCUT2D eigenvalue weighted by Crippen LogP contribution is -2.35. The average molecular weight is 562 g/mol. The first kappa shape index (κ1) is 22.7. The number of nitrogens with one attached hydrogen (secondary N) is 2. The number of rotatable bonds is 5. The Labute approximate surface area is 207 Å². The Morgan fingerprint density at radius 3 is 2.42 bits per heavy atom. The second kappa shape index (κ2) is 8.13. The van der Waals surface area contributed by atoms with Crippen molar-refractivity contribution in [1.29, 1.82) is 5.26 Å².